The van der Waals surface area contributed by atoms with Crippen molar-refractivity contribution in [1.29, 1.82) is 0 Å². The third-order valence-electron chi connectivity index (χ3n) is 2.81. The zero-order chi connectivity index (χ0) is 16.0. The van der Waals surface area contributed by atoms with Crippen molar-refractivity contribution in [1.82, 2.24) is 10.2 Å². The van der Waals surface area contributed by atoms with Crippen molar-refractivity contribution >= 4 is 23.6 Å². The number of carboxylic acid groups (broad SMARTS) is 1. The number of aromatic carboxylic acids is 1. The maximum atomic E-state index is 11.9. The predicted molar refractivity (Wildman–Crippen MR) is 75.4 cm³/mol. The molecule has 0 aliphatic rings. The van der Waals surface area contributed by atoms with Crippen molar-refractivity contribution in [3.8, 4) is 5.75 Å². The summed E-state index contributed by atoms with van der Waals surface area (Å²) in [6.45, 7) is 0.185. The van der Waals surface area contributed by atoms with Gasteiger partial charge in [-0.05, 0) is 12.1 Å². The second-order valence-corrected chi connectivity index (χ2v) is 4.28. The predicted octanol–water partition coefficient (Wildman–Crippen LogP) is 0.690. The third kappa shape index (κ3) is 4.37. The van der Waals surface area contributed by atoms with Gasteiger partial charge in [-0.15, -0.1) is 0 Å². The van der Waals surface area contributed by atoms with Crippen molar-refractivity contribution in [2.75, 3.05) is 26.0 Å². The summed E-state index contributed by atoms with van der Waals surface area (Å²) < 4.78 is 0. The van der Waals surface area contributed by atoms with Gasteiger partial charge in [0.1, 0.15) is 5.56 Å². The summed E-state index contributed by atoms with van der Waals surface area (Å²) in [5.41, 5.74) is -0.312. The molecule has 0 fully saturated rings. The molecule has 0 saturated carbocycles. The number of rotatable bonds is 5. The highest BCUT2D eigenvalue weighted by molar-refractivity contribution is 5.97. The number of hydrogen-bond acceptors (Lipinski definition) is 4. The van der Waals surface area contributed by atoms with Gasteiger partial charge in [0, 0.05) is 27.1 Å². The summed E-state index contributed by atoms with van der Waals surface area (Å²) in [7, 11) is 2.98. The molecule has 4 N–H and O–H groups in total. The molecule has 114 valence electrons. The highest BCUT2D eigenvalue weighted by Gasteiger charge is 2.16. The fourth-order valence-electron chi connectivity index (χ4n) is 1.52. The van der Waals surface area contributed by atoms with E-state index < -0.39 is 17.7 Å². The molecule has 0 heterocycles. The van der Waals surface area contributed by atoms with Gasteiger partial charge in [0.2, 0.25) is 5.91 Å². The third-order valence-corrected chi connectivity index (χ3v) is 2.81. The topological polar surface area (TPSA) is 119 Å². The Kier molecular flexibility index (Phi) is 5.53. The van der Waals surface area contributed by atoms with Crippen LogP contribution in [0.3, 0.4) is 0 Å². The molecule has 0 radical (unpaired) electrons. The van der Waals surface area contributed by atoms with Crippen LogP contribution in [-0.2, 0) is 4.79 Å². The smallest absolute Gasteiger partial charge is 0.339 e. The van der Waals surface area contributed by atoms with E-state index in [9.17, 15) is 19.5 Å². The van der Waals surface area contributed by atoms with Crippen molar-refractivity contribution in [3.63, 3.8) is 0 Å². The summed E-state index contributed by atoms with van der Waals surface area (Å²) >= 11 is 0. The number of nitrogens with one attached hydrogen (secondary N) is 2. The number of amides is 3. The number of carboxylic acids is 1. The van der Waals surface area contributed by atoms with Crippen molar-refractivity contribution in [2.45, 2.75) is 6.42 Å². The van der Waals surface area contributed by atoms with Crippen LogP contribution < -0.4 is 10.6 Å². The van der Waals surface area contributed by atoms with Crippen LogP contribution in [0.25, 0.3) is 0 Å². The van der Waals surface area contributed by atoms with E-state index in [-0.39, 0.29) is 30.1 Å². The molecule has 21 heavy (non-hydrogen) atoms. The number of phenols is 1. The summed E-state index contributed by atoms with van der Waals surface area (Å²) in [6.07, 6.45) is 0.140. The fraction of sp³-hybridized carbons (Fsp3) is 0.308. The van der Waals surface area contributed by atoms with Gasteiger partial charge in [-0.1, -0.05) is 6.07 Å². The molecule has 1 aromatic carbocycles. The van der Waals surface area contributed by atoms with E-state index in [1.54, 1.807) is 0 Å². The van der Waals surface area contributed by atoms with Gasteiger partial charge >= 0.3 is 12.0 Å². The van der Waals surface area contributed by atoms with Crippen LogP contribution in [0.4, 0.5) is 10.5 Å². The normalized spacial score (nSPS) is 9.81. The lowest BCUT2D eigenvalue weighted by Gasteiger charge is -2.18. The summed E-state index contributed by atoms with van der Waals surface area (Å²) in [5.74, 6) is -2.01. The minimum absolute atomic E-state index is 0.00769. The molecule has 0 atom stereocenters. The van der Waals surface area contributed by atoms with Gasteiger partial charge in [0.05, 0.1) is 5.69 Å². The first-order valence-corrected chi connectivity index (χ1v) is 6.14. The molecule has 0 aromatic heterocycles. The molecular formula is C13H17N3O5. The van der Waals surface area contributed by atoms with Crippen LogP contribution in [0, 0.1) is 0 Å². The summed E-state index contributed by atoms with van der Waals surface area (Å²) in [4.78, 5) is 35.1. The Morgan fingerprint density at radius 3 is 2.52 bits per heavy atom. The quantitative estimate of drug-likeness (QED) is 0.596. The second-order valence-electron chi connectivity index (χ2n) is 4.28. The lowest BCUT2D eigenvalue weighted by molar-refractivity contribution is -0.120. The number of nitrogens with zero attached hydrogens (tertiary/aromatic N) is 1. The van der Waals surface area contributed by atoms with Gasteiger partial charge in [0.15, 0.2) is 5.75 Å². The molecule has 0 bridgehead atoms. The first kappa shape index (κ1) is 16.3. The molecule has 0 spiro atoms. The first-order chi connectivity index (χ1) is 9.86. The number of carbonyl (C=O) groups excluding carboxylic acids is 2. The van der Waals surface area contributed by atoms with Gasteiger partial charge < -0.3 is 25.7 Å². The minimum Gasteiger partial charge on any atom is -0.505 e. The lowest BCUT2D eigenvalue weighted by Crippen LogP contribution is -2.34. The first-order valence-electron chi connectivity index (χ1n) is 6.14. The summed E-state index contributed by atoms with van der Waals surface area (Å²) in [5, 5.41) is 23.5. The van der Waals surface area contributed by atoms with E-state index in [0.717, 1.165) is 0 Å². The van der Waals surface area contributed by atoms with Crippen LogP contribution in [0.2, 0.25) is 0 Å². The number of para-hydroxylation sites is 1. The highest BCUT2D eigenvalue weighted by atomic mass is 16.4. The Labute approximate surface area is 121 Å². The van der Waals surface area contributed by atoms with E-state index in [0.29, 0.717) is 0 Å². The van der Waals surface area contributed by atoms with Gasteiger partial charge in [0.25, 0.3) is 0 Å². The van der Waals surface area contributed by atoms with Crippen molar-refractivity contribution in [3.05, 3.63) is 23.8 Å². The molecule has 1 rings (SSSR count). The van der Waals surface area contributed by atoms with Crippen LogP contribution in [0.5, 0.6) is 5.75 Å². The Balaban J connectivity index is 2.73. The van der Waals surface area contributed by atoms with Crippen molar-refractivity contribution in [2.24, 2.45) is 0 Å². The number of benzene rings is 1. The molecule has 0 unspecified atom stereocenters. The SMILES string of the molecule is CNC(=O)CCN(C)C(=O)Nc1cccc(C(=O)O)c1O. The van der Waals surface area contributed by atoms with E-state index in [1.165, 1.54) is 37.2 Å². The average Bonchev–Trinajstić information content (AvgIpc) is 2.45. The Morgan fingerprint density at radius 1 is 1.29 bits per heavy atom. The van der Waals surface area contributed by atoms with Gasteiger partial charge in [-0.25, -0.2) is 9.59 Å². The number of anilines is 1. The van der Waals surface area contributed by atoms with Gasteiger partial charge in [-0.3, -0.25) is 4.79 Å². The average molecular weight is 295 g/mol. The van der Waals surface area contributed by atoms with E-state index in [4.69, 9.17) is 5.11 Å². The van der Waals surface area contributed by atoms with Crippen LogP contribution >= 0.6 is 0 Å². The number of carbonyl (C=O) groups is 3. The largest absolute Gasteiger partial charge is 0.505 e. The zero-order valence-electron chi connectivity index (χ0n) is 11.7. The molecule has 1 aromatic rings. The number of urea groups is 1. The number of hydrogen-bond donors (Lipinski definition) is 4. The van der Waals surface area contributed by atoms with Crippen LogP contribution in [0.15, 0.2) is 18.2 Å². The fourth-order valence-corrected chi connectivity index (χ4v) is 1.52. The molecule has 8 nitrogen and oxygen atoms in total. The zero-order valence-corrected chi connectivity index (χ0v) is 11.7. The van der Waals surface area contributed by atoms with E-state index in [1.807, 2.05) is 0 Å². The van der Waals surface area contributed by atoms with Crippen molar-refractivity contribution < 1.29 is 24.6 Å². The highest BCUT2D eigenvalue weighted by Crippen LogP contribution is 2.27. The summed E-state index contributed by atoms with van der Waals surface area (Å²) in [6, 6.07) is 3.45. The molecule has 8 heteroatoms. The van der Waals surface area contributed by atoms with Gasteiger partial charge in [-0.2, -0.15) is 0 Å². The maximum Gasteiger partial charge on any atom is 0.339 e. The Morgan fingerprint density at radius 2 is 1.95 bits per heavy atom. The standard InChI is InChI=1S/C13H17N3O5/c1-14-10(17)6-7-16(2)13(21)15-9-5-3-4-8(11(9)18)12(19)20/h3-5,18H,6-7H2,1-2H3,(H,14,17)(H,15,21)(H,19,20). The Hall–Kier alpha value is -2.77. The maximum absolute atomic E-state index is 11.9. The van der Waals surface area contributed by atoms with Crippen LogP contribution in [0.1, 0.15) is 16.8 Å². The Bertz CT molecular complexity index is 559. The molecule has 0 aliphatic carbocycles. The monoisotopic (exact) mass is 295 g/mol. The molecular weight excluding hydrogens is 278 g/mol. The molecule has 0 saturated heterocycles. The second kappa shape index (κ2) is 7.13. The van der Waals surface area contributed by atoms with Crippen LogP contribution in [-0.4, -0.2) is 53.7 Å². The minimum atomic E-state index is -1.29. The number of aromatic hydroxyl groups is 1. The molecule has 3 amide bonds. The van der Waals surface area contributed by atoms with E-state index in [2.05, 4.69) is 10.6 Å². The molecule has 0 aliphatic heterocycles. The van der Waals surface area contributed by atoms with E-state index >= 15 is 0 Å². The lowest BCUT2D eigenvalue weighted by atomic mass is 10.1.